The number of nitrogens with zero attached hydrogens (tertiary/aromatic N) is 3. The van der Waals surface area contributed by atoms with E-state index in [9.17, 15) is 5.11 Å². The number of likely N-dealkylation sites (N-methyl/N-ethyl adjacent to an activating group) is 1. The molecule has 2 aromatic heterocycles. The van der Waals surface area contributed by atoms with Gasteiger partial charge in [0.25, 0.3) is 0 Å². The third-order valence-corrected chi connectivity index (χ3v) is 6.38. The van der Waals surface area contributed by atoms with Crippen LogP contribution < -0.4 is 10.1 Å². The van der Waals surface area contributed by atoms with Crippen LogP contribution in [0, 0.1) is 20.8 Å². The van der Waals surface area contributed by atoms with Gasteiger partial charge >= 0.3 is 0 Å². The highest BCUT2D eigenvalue weighted by Crippen LogP contribution is 2.49. The summed E-state index contributed by atoms with van der Waals surface area (Å²) in [5.74, 6) is 1.87. The minimum absolute atomic E-state index is 0.0351. The Labute approximate surface area is 193 Å². The van der Waals surface area contributed by atoms with Gasteiger partial charge in [0, 0.05) is 17.5 Å². The van der Waals surface area contributed by atoms with Crippen molar-refractivity contribution in [3.8, 4) is 28.4 Å². The molecule has 1 aliphatic carbocycles. The summed E-state index contributed by atoms with van der Waals surface area (Å²) in [4.78, 5) is 9.90. The highest BCUT2D eigenvalue weighted by molar-refractivity contribution is 6.33. The number of rotatable bonds is 8. The molecule has 8 heteroatoms. The number of ether oxygens (including phenoxy) is 1. The Hall–Kier alpha value is -2.48. The molecule has 1 fully saturated rings. The van der Waals surface area contributed by atoms with E-state index in [1.807, 2.05) is 19.9 Å². The molecule has 1 aliphatic rings. The summed E-state index contributed by atoms with van der Waals surface area (Å²) in [5.41, 5.74) is 5.31. The largest absolute Gasteiger partial charge is 0.491 e. The fourth-order valence-corrected chi connectivity index (χ4v) is 4.17. The molecule has 0 amide bonds. The molecule has 0 bridgehead atoms. The van der Waals surface area contributed by atoms with Crippen molar-refractivity contribution in [3.05, 3.63) is 45.9 Å². The average molecular weight is 457 g/mol. The van der Waals surface area contributed by atoms with E-state index in [1.54, 1.807) is 19.2 Å². The standard InChI is InChI=1S/C24H29ClN4O3/c1-13-21(20-14(2)29-32-15(20)3)27-23(28-22(13)24(4)8-9-24)18-10-17(6-7-19(18)25)31-12-16(30)11-26-5/h6-7,10,16,26,30H,8-9,11-12H2,1-5H3. The van der Waals surface area contributed by atoms with Crippen LogP contribution in [0.2, 0.25) is 5.02 Å². The van der Waals surface area contributed by atoms with Crippen molar-refractivity contribution in [1.82, 2.24) is 20.4 Å². The Morgan fingerprint density at radius 3 is 2.62 bits per heavy atom. The van der Waals surface area contributed by atoms with Gasteiger partial charge in [-0.2, -0.15) is 0 Å². The van der Waals surface area contributed by atoms with Crippen LogP contribution in [0.1, 0.15) is 42.5 Å². The van der Waals surface area contributed by atoms with Crippen molar-refractivity contribution in [2.24, 2.45) is 0 Å². The predicted octanol–water partition coefficient (Wildman–Crippen LogP) is 4.39. The van der Waals surface area contributed by atoms with Crippen molar-refractivity contribution < 1.29 is 14.4 Å². The number of aromatic nitrogens is 3. The van der Waals surface area contributed by atoms with Gasteiger partial charge < -0.3 is 19.7 Å². The molecule has 2 N–H and O–H groups in total. The number of aliphatic hydroxyl groups is 1. The lowest BCUT2D eigenvalue weighted by Crippen LogP contribution is -2.29. The molecule has 0 radical (unpaired) electrons. The van der Waals surface area contributed by atoms with Gasteiger partial charge in [-0.25, -0.2) is 9.97 Å². The van der Waals surface area contributed by atoms with Gasteiger partial charge in [0.15, 0.2) is 5.82 Å². The molecule has 2 heterocycles. The molecule has 0 aliphatic heterocycles. The summed E-state index contributed by atoms with van der Waals surface area (Å²) < 4.78 is 11.2. The third kappa shape index (κ3) is 4.37. The van der Waals surface area contributed by atoms with Crippen molar-refractivity contribution >= 4 is 11.6 Å². The molecule has 3 aromatic rings. The highest BCUT2D eigenvalue weighted by Gasteiger charge is 2.43. The molecule has 32 heavy (non-hydrogen) atoms. The molecule has 170 valence electrons. The van der Waals surface area contributed by atoms with E-state index >= 15 is 0 Å². The Morgan fingerprint density at radius 2 is 2.00 bits per heavy atom. The number of benzene rings is 1. The molecule has 1 atom stereocenters. The van der Waals surface area contributed by atoms with Gasteiger partial charge in [0.1, 0.15) is 24.2 Å². The van der Waals surface area contributed by atoms with Crippen LogP contribution in [0.15, 0.2) is 22.7 Å². The second-order valence-electron chi connectivity index (χ2n) is 8.79. The zero-order chi connectivity index (χ0) is 23.0. The first kappa shape index (κ1) is 22.7. The van der Waals surface area contributed by atoms with E-state index in [2.05, 4.69) is 24.3 Å². The first-order valence-corrected chi connectivity index (χ1v) is 11.2. The summed E-state index contributed by atoms with van der Waals surface area (Å²) >= 11 is 6.58. The van der Waals surface area contributed by atoms with Crippen molar-refractivity contribution in [3.63, 3.8) is 0 Å². The molecular formula is C24H29ClN4O3. The average Bonchev–Trinajstić information content (AvgIpc) is 3.42. The van der Waals surface area contributed by atoms with Gasteiger partial charge in [-0.1, -0.05) is 23.7 Å². The van der Waals surface area contributed by atoms with E-state index in [0.717, 1.165) is 46.8 Å². The van der Waals surface area contributed by atoms with Crippen LogP contribution in [0.4, 0.5) is 0 Å². The molecule has 0 saturated heterocycles. The number of hydrogen-bond donors (Lipinski definition) is 2. The zero-order valence-electron chi connectivity index (χ0n) is 19.1. The van der Waals surface area contributed by atoms with E-state index < -0.39 is 6.10 Å². The van der Waals surface area contributed by atoms with E-state index in [4.69, 9.17) is 30.8 Å². The molecule has 1 aromatic carbocycles. The van der Waals surface area contributed by atoms with Crippen molar-refractivity contribution in [2.75, 3.05) is 20.2 Å². The van der Waals surface area contributed by atoms with Crippen LogP contribution >= 0.6 is 11.6 Å². The van der Waals surface area contributed by atoms with E-state index in [0.29, 0.717) is 28.7 Å². The van der Waals surface area contributed by atoms with Crippen molar-refractivity contribution in [2.45, 2.75) is 52.1 Å². The SMILES string of the molecule is CNCC(O)COc1ccc(Cl)c(-c2nc(-c3c(C)noc3C)c(C)c(C3(C)CC3)n2)c1. The van der Waals surface area contributed by atoms with Crippen LogP contribution in [-0.4, -0.2) is 46.5 Å². The fraction of sp³-hybridized carbons (Fsp3) is 0.458. The fourth-order valence-electron chi connectivity index (χ4n) is 3.97. The van der Waals surface area contributed by atoms with Crippen LogP contribution in [-0.2, 0) is 5.41 Å². The quantitative estimate of drug-likeness (QED) is 0.519. The number of nitrogens with one attached hydrogen (secondary N) is 1. The monoisotopic (exact) mass is 456 g/mol. The minimum atomic E-state index is -0.609. The van der Waals surface area contributed by atoms with Crippen LogP contribution in [0.5, 0.6) is 5.75 Å². The smallest absolute Gasteiger partial charge is 0.161 e. The van der Waals surface area contributed by atoms with E-state index in [1.165, 1.54) is 0 Å². The Kier molecular flexibility index (Phi) is 6.25. The van der Waals surface area contributed by atoms with Gasteiger partial charge in [-0.05, 0) is 64.4 Å². The molecule has 1 unspecified atom stereocenters. The number of aryl methyl sites for hydroxylation is 2. The van der Waals surface area contributed by atoms with Gasteiger partial charge in [0.05, 0.1) is 27.7 Å². The molecule has 4 rings (SSSR count). The second-order valence-corrected chi connectivity index (χ2v) is 9.20. The minimum Gasteiger partial charge on any atom is -0.491 e. The summed E-state index contributed by atoms with van der Waals surface area (Å²) in [5, 5.41) is 17.5. The van der Waals surface area contributed by atoms with E-state index in [-0.39, 0.29) is 12.0 Å². The summed E-state index contributed by atoms with van der Waals surface area (Å²) in [6.45, 7) is 8.73. The Morgan fingerprint density at radius 1 is 1.25 bits per heavy atom. The normalized spacial score (nSPS) is 15.6. The summed E-state index contributed by atoms with van der Waals surface area (Å²) in [6, 6.07) is 5.38. The van der Waals surface area contributed by atoms with Gasteiger partial charge in [-0.3, -0.25) is 0 Å². The maximum absolute atomic E-state index is 9.96. The number of aliphatic hydroxyl groups excluding tert-OH is 1. The zero-order valence-corrected chi connectivity index (χ0v) is 19.9. The maximum atomic E-state index is 9.96. The Bertz CT molecular complexity index is 1120. The molecule has 1 saturated carbocycles. The molecule has 0 spiro atoms. The number of halogens is 1. The Balaban J connectivity index is 1.80. The van der Waals surface area contributed by atoms with Gasteiger partial charge in [0.2, 0.25) is 0 Å². The molecule has 7 nitrogen and oxygen atoms in total. The van der Waals surface area contributed by atoms with Crippen molar-refractivity contribution in [1.29, 1.82) is 0 Å². The highest BCUT2D eigenvalue weighted by atomic mass is 35.5. The van der Waals surface area contributed by atoms with Crippen LogP contribution in [0.3, 0.4) is 0 Å². The maximum Gasteiger partial charge on any atom is 0.161 e. The second kappa shape index (κ2) is 8.81. The predicted molar refractivity (Wildman–Crippen MR) is 124 cm³/mol. The first-order chi connectivity index (χ1) is 15.2. The van der Waals surface area contributed by atoms with Gasteiger partial charge in [-0.15, -0.1) is 0 Å². The lowest BCUT2D eigenvalue weighted by Gasteiger charge is -2.18. The molecular weight excluding hydrogens is 428 g/mol. The summed E-state index contributed by atoms with van der Waals surface area (Å²) in [6.07, 6.45) is 1.57. The number of hydrogen-bond acceptors (Lipinski definition) is 7. The topological polar surface area (TPSA) is 93.3 Å². The lowest BCUT2D eigenvalue weighted by molar-refractivity contribution is 0.108. The lowest BCUT2D eigenvalue weighted by atomic mass is 9.95. The third-order valence-electron chi connectivity index (χ3n) is 6.05. The summed E-state index contributed by atoms with van der Waals surface area (Å²) in [7, 11) is 1.78. The first-order valence-electron chi connectivity index (χ1n) is 10.8. The van der Waals surface area contributed by atoms with Crippen LogP contribution in [0.25, 0.3) is 22.6 Å².